The summed E-state index contributed by atoms with van der Waals surface area (Å²) in [7, 11) is -3.88. The van der Waals surface area contributed by atoms with Crippen molar-refractivity contribution >= 4 is 68.0 Å². The number of nitrogens with zero attached hydrogens (tertiary/aromatic N) is 1. The number of nitrogens with one attached hydrogen (secondary N) is 1. The van der Waals surface area contributed by atoms with Gasteiger partial charge in [0.15, 0.2) is 0 Å². The van der Waals surface area contributed by atoms with E-state index in [0.717, 1.165) is 50.2 Å². The number of pyridine rings is 1. The molecule has 0 aliphatic rings. The molecule has 0 spiro atoms. The number of fused-ring (bicyclic) bond motifs is 1. The number of aromatic nitrogens is 1. The van der Waals surface area contributed by atoms with Crippen molar-refractivity contribution in [3.05, 3.63) is 124 Å². The maximum Gasteiger partial charge on any atom is 0.273 e. The van der Waals surface area contributed by atoms with E-state index >= 15 is 0 Å². The van der Waals surface area contributed by atoms with Crippen molar-refractivity contribution in [3.63, 3.8) is 0 Å². The summed E-state index contributed by atoms with van der Waals surface area (Å²) in [5, 5.41) is 3.31. The minimum absolute atomic E-state index is 0.0900. The summed E-state index contributed by atoms with van der Waals surface area (Å²) >= 11 is 7.16. The molecule has 0 saturated heterocycles. The number of benzene rings is 3. The Balaban J connectivity index is 1.36. The van der Waals surface area contributed by atoms with Crippen LogP contribution in [0.25, 0.3) is 40.3 Å². The van der Waals surface area contributed by atoms with Crippen LogP contribution in [0, 0.1) is 0 Å². The van der Waals surface area contributed by atoms with Gasteiger partial charge in [0.1, 0.15) is 4.21 Å². The molecule has 0 saturated carbocycles. The zero-order chi connectivity index (χ0) is 26.5. The first-order valence-electron chi connectivity index (χ1n) is 11.6. The summed E-state index contributed by atoms with van der Waals surface area (Å²) < 4.78 is 26.8. The van der Waals surface area contributed by atoms with Gasteiger partial charge in [0.2, 0.25) is 0 Å². The first-order chi connectivity index (χ1) is 18.4. The van der Waals surface area contributed by atoms with E-state index in [9.17, 15) is 13.2 Å². The number of rotatable bonds is 7. The molecule has 8 heteroatoms. The molecule has 2 aromatic heterocycles. The molecule has 0 fully saturated rings. The molecule has 0 radical (unpaired) electrons. The summed E-state index contributed by atoms with van der Waals surface area (Å²) in [6, 6.07) is 28.3. The first kappa shape index (κ1) is 25.6. The highest BCUT2D eigenvalue weighted by Gasteiger charge is 2.17. The van der Waals surface area contributed by atoms with Crippen molar-refractivity contribution in [2.45, 2.75) is 4.21 Å². The van der Waals surface area contributed by atoms with Crippen LogP contribution >= 0.6 is 22.9 Å². The van der Waals surface area contributed by atoms with Gasteiger partial charge in [0, 0.05) is 16.5 Å². The number of hydrogen-bond acceptors (Lipinski definition) is 5. The van der Waals surface area contributed by atoms with Crippen LogP contribution in [0.1, 0.15) is 16.8 Å². The highest BCUT2D eigenvalue weighted by Crippen LogP contribution is 2.26. The van der Waals surface area contributed by atoms with Gasteiger partial charge in [0.25, 0.3) is 15.9 Å². The fourth-order valence-corrected chi connectivity index (χ4v) is 6.00. The van der Waals surface area contributed by atoms with Gasteiger partial charge in [-0.25, -0.2) is 18.1 Å². The van der Waals surface area contributed by atoms with Crippen molar-refractivity contribution < 1.29 is 13.2 Å². The van der Waals surface area contributed by atoms with Crippen LogP contribution in [0.4, 0.5) is 0 Å². The van der Waals surface area contributed by atoms with Gasteiger partial charge >= 0.3 is 0 Å². The van der Waals surface area contributed by atoms with Crippen molar-refractivity contribution in [1.29, 1.82) is 0 Å². The molecular formula is C30H21ClN2O3S2. The van der Waals surface area contributed by atoms with E-state index < -0.39 is 15.9 Å². The molecular weight excluding hydrogens is 536 g/mol. The summed E-state index contributed by atoms with van der Waals surface area (Å²) in [6.07, 6.45) is 6.78. The number of sulfonamides is 1. The van der Waals surface area contributed by atoms with Crippen molar-refractivity contribution in [1.82, 2.24) is 9.71 Å². The SMILES string of the molecule is O=C(/C=C/c1ccccc1-c1cccc(C=Cc2ccc3ccc(Cl)cc3n2)c1)NS(=O)(=O)c1cccs1. The quantitative estimate of drug-likeness (QED) is 0.213. The summed E-state index contributed by atoms with van der Waals surface area (Å²) in [6.45, 7) is 0. The summed E-state index contributed by atoms with van der Waals surface area (Å²) in [4.78, 5) is 17.0. The number of halogens is 1. The fraction of sp³-hybridized carbons (Fsp3) is 0. The lowest BCUT2D eigenvalue weighted by atomic mass is 9.97. The Labute approximate surface area is 229 Å². The Kier molecular flexibility index (Phi) is 7.51. The highest BCUT2D eigenvalue weighted by atomic mass is 35.5. The van der Waals surface area contributed by atoms with E-state index in [1.807, 2.05) is 91.0 Å². The average Bonchev–Trinajstić information content (AvgIpc) is 3.47. The molecule has 3 aromatic carbocycles. The van der Waals surface area contributed by atoms with E-state index in [4.69, 9.17) is 11.6 Å². The molecule has 0 unspecified atom stereocenters. The van der Waals surface area contributed by atoms with Crippen molar-refractivity contribution in [2.75, 3.05) is 0 Å². The van der Waals surface area contributed by atoms with E-state index in [1.165, 1.54) is 12.1 Å². The smallest absolute Gasteiger partial charge is 0.269 e. The van der Waals surface area contributed by atoms with Crippen LogP contribution in [0.2, 0.25) is 5.02 Å². The molecule has 5 nitrogen and oxygen atoms in total. The molecule has 0 aliphatic heterocycles. The largest absolute Gasteiger partial charge is 0.273 e. The molecule has 5 aromatic rings. The third-order valence-electron chi connectivity index (χ3n) is 5.69. The van der Waals surface area contributed by atoms with Crippen molar-refractivity contribution in [2.24, 2.45) is 0 Å². The van der Waals surface area contributed by atoms with Gasteiger partial charge in [-0.1, -0.05) is 78.3 Å². The first-order valence-corrected chi connectivity index (χ1v) is 14.3. The predicted molar refractivity (Wildman–Crippen MR) is 156 cm³/mol. The minimum atomic E-state index is -3.88. The summed E-state index contributed by atoms with van der Waals surface area (Å²) in [5.41, 5.74) is 5.28. The molecule has 0 aliphatic carbocycles. The molecule has 38 heavy (non-hydrogen) atoms. The fourth-order valence-electron chi connectivity index (χ4n) is 3.89. The number of carbonyl (C=O) groups is 1. The van der Waals surface area contributed by atoms with Gasteiger partial charge in [-0.15, -0.1) is 11.3 Å². The Morgan fingerprint density at radius 1 is 0.868 bits per heavy atom. The Morgan fingerprint density at radius 3 is 2.55 bits per heavy atom. The highest BCUT2D eigenvalue weighted by molar-refractivity contribution is 7.92. The standard InChI is InChI=1S/C30H21ClN2O3S2/c31-25-14-11-23-12-16-26(32-28(23)20-25)15-10-21-5-3-7-24(19-21)27-8-2-1-6-22(27)13-17-29(34)33-38(35,36)30-9-4-18-37-30/h1-20H,(H,33,34)/b15-10?,17-13+. The van der Waals surface area contributed by atoms with E-state index in [-0.39, 0.29) is 4.21 Å². The maximum atomic E-state index is 12.4. The second kappa shape index (κ2) is 11.1. The van der Waals surface area contributed by atoms with Crippen molar-refractivity contribution in [3.8, 4) is 11.1 Å². The molecule has 5 rings (SSSR count). The predicted octanol–water partition coefficient (Wildman–Crippen LogP) is 7.31. The molecule has 0 bridgehead atoms. The van der Waals surface area contributed by atoms with Gasteiger partial charge in [-0.2, -0.15) is 0 Å². The van der Waals surface area contributed by atoms with Crippen LogP contribution in [0.15, 0.2) is 107 Å². The Bertz CT molecular complexity index is 1790. The Hall–Kier alpha value is -4.04. The lowest BCUT2D eigenvalue weighted by molar-refractivity contribution is -0.114. The van der Waals surface area contributed by atoms with Crippen LogP contribution in [0.5, 0.6) is 0 Å². The number of hydrogen-bond donors (Lipinski definition) is 1. The lowest BCUT2D eigenvalue weighted by Crippen LogP contribution is -2.28. The average molecular weight is 557 g/mol. The van der Waals surface area contributed by atoms with E-state index in [0.29, 0.717) is 5.02 Å². The lowest BCUT2D eigenvalue weighted by Gasteiger charge is -2.08. The van der Waals surface area contributed by atoms with Crippen LogP contribution in [-0.4, -0.2) is 19.3 Å². The molecule has 0 atom stereocenters. The summed E-state index contributed by atoms with van der Waals surface area (Å²) in [5.74, 6) is -0.714. The van der Waals surface area contributed by atoms with Gasteiger partial charge < -0.3 is 0 Å². The third kappa shape index (κ3) is 6.08. The molecule has 1 N–H and O–H groups in total. The zero-order valence-corrected chi connectivity index (χ0v) is 22.3. The molecule has 188 valence electrons. The van der Waals surface area contributed by atoms with Crippen LogP contribution < -0.4 is 4.72 Å². The van der Waals surface area contributed by atoms with E-state index in [2.05, 4.69) is 9.71 Å². The second-order valence-electron chi connectivity index (χ2n) is 8.35. The van der Waals surface area contributed by atoms with E-state index in [1.54, 1.807) is 17.5 Å². The van der Waals surface area contributed by atoms with Gasteiger partial charge in [-0.3, -0.25) is 4.79 Å². The van der Waals surface area contributed by atoms with Crippen LogP contribution in [-0.2, 0) is 14.8 Å². The Morgan fingerprint density at radius 2 is 1.71 bits per heavy atom. The maximum absolute atomic E-state index is 12.4. The normalized spacial score (nSPS) is 11.9. The monoisotopic (exact) mass is 556 g/mol. The molecule has 2 heterocycles. The van der Waals surface area contributed by atoms with Gasteiger partial charge in [0.05, 0.1) is 11.2 Å². The number of thiophene rings is 1. The number of amides is 1. The molecule has 1 amide bonds. The third-order valence-corrected chi connectivity index (χ3v) is 8.67. The second-order valence-corrected chi connectivity index (χ2v) is 11.6. The van der Waals surface area contributed by atoms with Crippen LogP contribution in [0.3, 0.4) is 0 Å². The topological polar surface area (TPSA) is 76.1 Å². The zero-order valence-electron chi connectivity index (χ0n) is 19.9. The minimum Gasteiger partial charge on any atom is -0.269 e. The number of carbonyl (C=O) groups excluding carboxylic acids is 1. The van der Waals surface area contributed by atoms with Gasteiger partial charge in [-0.05, 0) is 70.1 Å².